The third kappa shape index (κ3) is 2.53. The molecule has 0 saturated heterocycles. The van der Waals surface area contributed by atoms with Gasteiger partial charge in [-0.3, -0.25) is 4.98 Å². The first-order valence-corrected chi connectivity index (χ1v) is 6.06. The van der Waals surface area contributed by atoms with Crippen molar-refractivity contribution < 1.29 is 4.52 Å². The van der Waals surface area contributed by atoms with Gasteiger partial charge in [-0.2, -0.15) is 4.98 Å². The molecule has 2 heterocycles. The number of halogens is 1. The molecule has 0 amide bonds. The van der Waals surface area contributed by atoms with Crippen molar-refractivity contribution in [2.24, 2.45) is 5.73 Å². The summed E-state index contributed by atoms with van der Waals surface area (Å²) in [5.74, 6) is 0.939. The zero-order valence-electron chi connectivity index (χ0n) is 9.64. The predicted octanol–water partition coefficient (Wildman–Crippen LogP) is 2.48. The van der Waals surface area contributed by atoms with E-state index in [2.05, 4.69) is 31.1 Å². The van der Waals surface area contributed by atoms with E-state index in [4.69, 9.17) is 10.3 Å². The molecule has 0 radical (unpaired) electrons. The lowest BCUT2D eigenvalue weighted by Gasteiger charge is -2.16. The molecule has 90 valence electrons. The summed E-state index contributed by atoms with van der Waals surface area (Å²) in [5.41, 5.74) is 6.24. The van der Waals surface area contributed by atoms with Crippen LogP contribution >= 0.6 is 15.9 Å². The van der Waals surface area contributed by atoms with Crippen LogP contribution in [0, 0.1) is 0 Å². The van der Waals surface area contributed by atoms with Gasteiger partial charge in [0.25, 0.3) is 0 Å². The fraction of sp³-hybridized carbons (Fsp3) is 0.364. The molecule has 0 spiro atoms. The van der Waals surface area contributed by atoms with Crippen LogP contribution in [0.2, 0.25) is 0 Å². The molecule has 1 unspecified atom stereocenters. The first-order valence-electron chi connectivity index (χ1n) is 5.27. The van der Waals surface area contributed by atoms with Crippen molar-refractivity contribution in [1.82, 2.24) is 15.1 Å². The van der Waals surface area contributed by atoms with Gasteiger partial charge in [0.2, 0.25) is 11.7 Å². The van der Waals surface area contributed by atoms with E-state index in [1.807, 2.05) is 19.9 Å². The van der Waals surface area contributed by atoms with Crippen molar-refractivity contribution in [3.05, 3.63) is 28.8 Å². The van der Waals surface area contributed by atoms with Gasteiger partial charge in [0.1, 0.15) is 0 Å². The Balaban J connectivity index is 2.36. The molecule has 6 heteroatoms. The van der Waals surface area contributed by atoms with Gasteiger partial charge in [-0.15, -0.1) is 0 Å². The Hall–Kier alpha value is -1.27. The third-order valence-electron chi connectivity index (χ3n) is 2.61. The van der Waals surface area contributed by atoms with Gasteiger partial charge in [0.05, 0.1) is 5.54 Å². The van der Waals surface area contributed by atoms with Crippen molar-refractivity contribution >= 4 is 15.9 Å². The number of nitrogens with zero attached hydrogens (tertiary/aromatic N) is 3. The van der Waals surface area contributed by atoms with Crippen molar-refractivity contribution in [3.63, 3.8) is 0 Å². The first-order chi connectivity index (χ1) is 8.03. The number of nitrogens with two attached hydrogens (primary N) is 1. The lowest BCUT2D eigenvalue weighted by Crippen LogP contribution is -2.32. The van der Waals surface area contributed by atoms with Crippen LogP contribution in [0.3, 0.4) is 0 Å². The highest BCUT2D eigenvalue weighted by Gasteiger charge is 2.26. The smallest absolute Gasteiger partial charge is 0.246 e. The largest absolute Gasteiger partial charge is 0.337 e. The molecule has 0 saturated carbocycles. The molecule has 0 aliphatic rings. The number of hydrogen-bond acceptors (Lipinski definition) is 5. The van der Waals surface area contributed by atoms with Crippen molar-refractivity contribution in [2.45, 2.75) is 25.8 Å². The summed E-state index contributed by atoms with van der Waals surface area (Å²) < 4.78 is 6.05. The maximum absolute atomic E-state index is 6.04. The third-order valence-corrected chi connectivity index (χ3v) is 3.05. The molecule has 0 fully saturated rings. The standard InChI is InChI=1S/C11H13BrN4O/c1-3-11(2,13)10-15-9(16-17-10)7-4-8(12)6-14-5-7/h4-6H,3,13H2,1-2H3. The van der Waals surface area contributed by atoms with Gasteiger partial charge in [-0.1, -0.05) is 12.1 Å². The number of hydrogen-bond donors (Lipinski definition) is 1. The van der Waals surface area contributed by atoms with E-state index in [0.29, 0.717) is 11.7 Å². The van der Waals surface area contributed by atoms with E-state index < -0.39 is 5.54 Å². The summed E-state index contributed by atoms with van der Waals surface area (Å²) in [7, 11) is 0. The summed E-state index contributed by atoms with van der Waals surface area (Å²) in [6.45, 7) is 3.84. The van der Waals surface area contributed by atoms with E-state index in [-0.39, 0.29) is 0 Å². The fourth-order valence-electron chi connectivity index (χ4n) is 1.26. The minimum absolute atomic E-state index is 0.440. The molecule has 5 nitrogen and oxygen atoms in total. The van der Waals surface area contributed by atoms with Gasteiger partial charge in [-0.25, -0.2) is 0 Å². The van der Waals surface area contributed by atoms with Crippen LogP contribution in [0.15, 0.2) is 27.5 Å². The van der Waals surface area contributed by atoms with Gasteiger partial charge < -0.3 is 10.3 Å². The maximum atomic E-state index is 6.04. The van der Waals surface area contributed by atoms with Crippen molar-refractivity contribution in [1.29, 1.82) is 0 Å². The molecule has 0 aliphatic heterocycles. The Labute approximate surface area is 108 Å². The lowest BCUT2D eigenvalue weighted by atomic mass is 10.0. The monoisotopic (exact) mass is 296 g/mol. The van der Waals surface area contributed by atoms with Crippen LogP contribution in [0.1, 0.15) is 26.2 Å². The van der Waals surface area contributed by atoms with Crippen molar-refractivity contribution in [2.75, 3.05) is 0 Å². The molecule has 2 N–H and O–H groups in total. The Kier molecular flexibility index (Phi) is 3.26. The maximum Gasteiger partial charge on any atom is 0.246 e. The average Bonchev–Trinajstić information content (AvgIpc) is 2.79. The minimum atomic E-state index is -0.593. The molecule has 2 rings (SSSR count). The first kappa shape index (κ1) is 12.2. The molecule has 17 heavy (non-hydrogen) atoms. The van der Waals surface area contributed by atoms with Gasteiger partial charge in [-0.05, 0) is 35.3 Å². The summed E-state index contributed by atoms with van der Waals surface area (Å²) >= 11 is 3.35. The summed E-state index contributed by atoms with van der Waals surface area (Å²) in [5, 5.41) is 3.91. The van der Waals surface area contributed by atoms with E-state index in [1.54, 1.807) is 12.4 Å². The lowest BCUT2D eigenvalue weighted by molar-refractivity contribution is 0.291. The van der Waals surface area contributed by atoms with Crippen LogP contribution in [-0.4, -0.2) is 15.1 Å². The average molecular weight is 297 g/mol. The molecule has 0 bridgehead atoms. The number of rotatable bonds is 3. The molecule has 1 atom stereocenters. The minimum Gasteiger partial charge on any atom is -0.337 e. The Morgan fingerprint density at radius 1 is 1.47 bits per heavy atom. The van der Waals surface area contributed by atoms with Crippen LogP contribution in [0.25, 0.3) is 11.4 Å². The molecular weight excluding hydrogens is 284 g/mol. The molecular formula is C11H13BrN4O. The fourth-order valence-corrected chi connectivity index (χ4v) is 1.62. The summed E-state index contributed by atoms with van der Waals surface area (Å²) in [6, 6.07) is 1.88. The highest BCUT2D eigenvalue weighted by atomic mass is 79.9. The summed E-state index contributed by atoms with van der Waals surface area (Å²) in [6.07, 6.45) is 4.11. The van der Waals surface area contributed by atoms with Crippen LogP contribution in [0.5, 0.6) is 0 Å². The van der Waals surface area contributed by atoms with Crippen LogP contribution < -0.4 is 5.73 Å². The molecule has 0 aromatic carbocycles. The quantitative estimate of drug-likeness (QED) is 0.941. The second-order valence-electron chi connectivity index (χ2n) is 4.09. The van der Waals surface area contributed by atoms with Crippen LogP contribution in [-0.2, 0) is 5.54 Å². The highest BCUT2D eigenvalue weighted by Crippen LogP contribution is 2.24. The number of pyridine rings is 1. The molecule has 2 aromatic heterocycles. The second kappa shape index (κ2) is 4.54. The second-order valence-corrected chi connectivity index (χ2v) is 5.00. The topological polar surface area (TPSA) is 77.8 Å². The van der Waals surface area contributed by atoms with Gasteiger partial charge in [0.15, 0.2) is 0 Å². The SMILES string of the molecule is CCC(C)(N)c1nc(-c2cncc(Br)c2)no1. The van der Waals surface area contributed by atoms with Crippen LogP contribution in [0.4, 0.5) is 0 Å². The highest BCUT2D eigenvalue weighted by molar-refractivity contribution is 9.10. The van der Waals surface area contributed by atoms with Crippen molar-refractivity contribution in [3.8, 4) is 11.4 Å². The summed E-state index contributed by atoms with van der Waals surface area (Å²) in [4.78, 5) is 8.35. The van der Waals surface area contributed by atoms with E-state index in [0.717, 1.165) is 16.5 Å². The Bertz CT molecular complexity index is 524. The van der Waals surface area contributed by atoms with E-state index >= 15 is 0 Å². The van der Waals surface area contributed by atoms with Gasteiger partial charge >= 0.3 is 0 Å². The van der Waals surface area contributed by atoms with E-state index in [1.165, 1.54) is 0 Å². The Morgan fingerprint density at radius 2 is 2.24 bits per heavy atom. The molecule has 2 aromatic rings. The predicted molar refractivity (Wildman–Crippen MR) is 67.1 cm³/mol. The zero-order chi connectivity index (χ0) is 12.5. The zero-order valence-corrected chi connectivity index (χ0v) is 11.2. The number of aromatic nitrogens is 3. The van der Waals surface area contributed by atoms with E-state index in [9.17, 15) is 0 Å². The van der Waals surface area contributed by atoms with Gasteiger partial charge in [0, 0.05) is 22.4 Å². The Morgan fingerprint density at radius 3 is 2.88 bits per heavy atom. The molecule has 0 aliphatic carbocycles. The normalized spacial score (nSPS) is 14.6.